The largest absolute Gasteiger partial charge is 0.487 e. The minimum Gasteiger partial charge on any atom is -0.487 e. The molecular formula is C19H27IO3. The van der Waals surface area contributed by atoms with E-state index in [1.807, 2.05) is 39.0 Å². The summed E-state index contributed by atoms with van der Waals surface area (Å²) < 4.78 is 11.4. The molecule has 4 heteroatoms. The maximum absolute atomic E-state index is 12.2. The Morgan fingerprint density at radius 3 is 2.48 bits per heavy atom. The van der Waals surface area contributed by atoms with Crippen molar-refractivity contribution in [2.24, 2.45) is 0 Å². The van der Waals surface area contributed by atoms with Gasteiger partial charge in [-0.15, -0.1) is 0 Å². The summed E-state index contributed by atoms with van der Waals surface area (Å²) in [5.41, 5.74) is 1.01. The van der Waals surface area contributed by atoms with Crippen LogP contribution in [0, 0.1) is 6.92 Å². The summed E-state index contributed by atoms with van der Waals surface area (Å²) in [6, 6.07) is 5.67. The molecule has 1 aliphatic carbocycles. The molecular weight excluding hydrogens is 403 g/mol. The quantitative estimate of drug-likeness (QED) is 0.255. The van der Waals surface area contributed by atoms with Crippen molar-refractivity contribution in [1.82, 2.24) is 0 Å². The molecule has 1 aliphatic rings. The Hall–Kier alpha value is -0.780. The first-order chi connectivity index (χ1) is 10.8. The van der Waals surface area contributed by atoms with Crippen LogP contribution in [0.25, 0.3) is 0 Å². The fraction of sp³-hybridized carbons (Fsp3) is 0.632. The number of ether oxygens (including phenoxy) is 2. The zero-order chi connectivity index (χ0) is 17.1. The van der Waals surface area contributed by atoms with Crippen molar-refractivity contribution in [2.45, 2.75) is 75.2 Å². The number of rotatable bonds is 6. The van der Waals surface area contributed by atoms with E-state index in [9.17, 15) is 4.79 Å². The number of carbonyl (C=O) groups excluding carboxylic acids is 1. The lowest BCUT2D eigenvalue weighted by molar-refractivity contribution is -0.136. The van der Waals surface area contributed by atoms with E-state index in [2.05, 4.69) is 29.5 Å². The van der Waals surface area contributed by atoms with E-state index < -0.39 is 3.42 Å². The predicted octanol–water partition coefficient (Wildman–Crippen LogP) is 5.61. The molecule has 1 aromatic rings. The van der Waals surface area contributed by atoms with Gasteiger partial charge in [0.1, 0.15) is 20.5 Å². The van der Waals surface area contributed by atoms with Gasteiger partial charge in [-0.25, -0.2) is 0 Å². The van der Waals surface area contributed by atoms with E-state index in [4.69, 9.17) is 9.47 Å². The predicted molar refractivity (Wildman–Crippen MR) is 102 cm³/mol. The normalized spacial score (nSPS) is 19.2. The number of benzene rings is 1. The Labute approximate surface area is 153 Å². The molecule has 1 saturated carbocycles. The highest BCUT2D eigenvalue weighted by Gasteiger charge is 2.34. The second-order valence-electron chi connectivity index (χ2n) is 6.71. The van der Waals surface area contributed by atoms with Gasteiger partial charge < -0.3 is 9.47 Å². The lowest BCUT2D eigenvalue weighted by Gasteiger charge is -2.30. The van der Waals surface area contributed by atoms with Crippen molar-refractivity contribution in [3.8, 4) is 11.5 Å². The second-order valence-corrected chi connectivity index (χ2v) is 9.09. The molecule has 1 unspecified atom stereocenters. The van der Waals surface area contributed by atoms with Crippen LogP contribution in [-0.2, 0) is 4.79 Å². The zero-order valence-corrected chi connectivity index (χ0v) is 16.7. The lowest BCUT2D eigenvalue weighted by atomic mass is 9.98. The number of alkyl halides is 1. The first kappa shape index (κ1) is 18.6. The van der Waals surface area contributed by atoms with Gasteiger partial charge in [0, 0.05) is 0 Å². The highest BCUT2D eigenvalue weighted by atomic mass is 127. The van der Waals surface area contributed by atoms with Crippen LogP contribution in [0.1, 0.15) is 64.9 Å². The molecule has 0 saturated heterocycles. The summed E-state index contributed by atoms with van der Waals surface area (Å²) in [6.45, 7) is 8.09. The van der Waals surface area contributed by atoms with E-state index in [1.165, 1.54) is 12.8 Å². The van der Waals surface area contributed by atoms with Crippen LogP contribution >= 0.6 is 22.6 Å². The number of hydrogen-bond donors (Lipinski definition) is 0. The van der Waals surface area contributed by atoms with Crippen LogP contribution in [0.15, 0.2) is 18.2 Å². The SMILES string of the molecule is CCC1(Oc2ccc(OC(=O)C(C)(I)CC)cc2C)CCCC1. The molecule has 2 rings (SSSR count). The maximum atomic E-state index is 12.2. The van der Waals surface area contributed by atoms with E-state index in [-0.39, 0.29) is 11.6 Å². The third kappa shape index (κ3) is 4.40. The van der Waals surface area contributed by atoms with Gasteiger partial charge in [0.15, 0.2) is 0 Å². The van der Waals surface area contributed by atoms with E-state index >= 15 is 0 Å². The highest BCUT2D eigenvalue weighted by Crippen LogP contribution is 2.38. The average Bonchev–Trinajstić information content (AvgIpc) is 2.99. The molecule has 23 heavy (non-hydrogen) atoms. The van der Waals surface area contributed by atoms with Gasteiger partial charge in [-0.05, 0) is 76.1 Å². The van der Waals surface area contributed by atoms with Crippen LogP contribution in [0.2, 0.25) is 0 Å². The van der Waals surface area contributed by atoms with Gasteiger partial charge in [0.25, 0.3) is 0 Å². The van der Waals surface area contributed by atoms with Crippen molar-refractivity contribution in [3.63, 3.8) is 0 Å². The average molecular weight is 430 g/mol. The Morgan fingerprint density at radius 2 is 1.96 bits per heavy atom. The number of esters is 1. The summed E-state index contributed by atoms with van der Waals surface area (Å²) in [5, 5.41) is 0. The topological polar surface area (TPSA) is 35.5 Å². The van der Waals surface area contributed by atoms with Crippen LogP contribution < -0.4 is 9.47 Å². The summed E-state index contributed by atoms with van der Waals surface area (Å²) >= 11 is 2.15. The van der Waals surface area contributed by atoms with Crippen LogP contribution in [0.3, 0.4) is 0 Å². The highest BCUT2D eigenvalue weighted by molar-refractivity contribution is 14.1. The number of aryl methyl sites for hydroxylation is 1. The molecule has 0 bridgehead atoms. The van der Waals surface area contributed by atoms with E-state index in [0.29, 0.717) is 5.75 Å². The number of carbonyl (C=O) groups is 1. The second kappa shape index (κ2) is 7.41. The van der Waals surface area contributed by atoms with Crippen molar-refractivity contribution in [1.29, 1.82) is 0 Å². The fourth-order valence-corrected chi connectivity index (χ4v) is 3.05. The molecule has 128 valence electrons. The minimum atomic E-state index is -0.489. The summed E-state index contributed by atoms with van der Waals surface area (Å²) in [7, 11) is 0. The first-order valence-electron chi connectivity index (χ1n) is 8.53. The van der Waals surface area contributed by atoms with Gasteiger partial charge in [0.2, 0.25) is 0 Å². The summed E-state index contributed by atoms with van der Waals surface area (Å²) in [5.74, 6) is 1.30. The molecule has 0 N–H and O–H groups in total. The molecule has 0 amide bonds. The monoisotopic (exact) mass is 430 g/mol. The Kier molecular flexibility index (Phi) is 5.98. The van der Waals surface area contributed by atoms with Gasteiger partial charge in [-0.3, -0.25) is 4.79 Å². The van der Waals surface area contributed by atoms with Gasteiger partial charge in [-0.2, -0.15) is 0 Å². The van der Waals surface area contributed by atoms with Crippen LogP contribution in [-0.4, -0.2) is 15.0 Å². The van der Waals surface area contributed by atoms with Crippen LogP contribution in [0.4, 0.5) is 0 Å². The third-order valence-corrected chi connectivity index (χ3v) is 6.14. The maximum Gasteiger partial charge on any atom is 0.327 e. The van der Waals surface area contributed by atoms with Crippen LogP contribution in [0.5, 0.6) is 11.5 Å². The van der Waals surface area contributed by atoms with Crippen molar-refractivity contribution >= 4 is 28.6 Å². The molecule has 1 aromatic carbocycles. The molecule has 0 radical (unpaired) electrons. The third-order valence-electron chi connectivity index (χ3n) is 4.93. The Balaban J connectivity index is 2.10. The van der Waals surface area contributed by atoms with E-state index in [0.717, 1.165) is 37.0 Å². The molecule has 1 atom stereocenters. The molecule has 0 aromatic heterocycles. The smallest absolute Gasteiger partial charge is 0.327 e. The molecule has 3 nitrogen and oxygen atoms in total. The standard InChI is InChI=1S/C19H27IO3/c1-5-18(4,20)17(21)22-15-9-10-16(14(3)13-15)23-19(6-2)11-7-8-12-19/h9-10,13H,5-8,11-12H2,1-4H3. The Morgan fingerprint density at radius 1 is 1.30 bits per heavy atom. The number of hydrogen-bond acceptors (Lipinski definition) is 3. The van der Waals surface area contributed by atoms with Gasteiger partial charge in [-0.1, -0.05) is 36.4 Å². The number of halogens is 1. The van der Waals surface area contributed by atoms with Gasteiger partial charge in [0.05, 0.1) is 0 Å². The van der Waals surface area contributed by atoms with Crippen molar-refractivity contribution < 1.29 is 14.3 Å². The molecule has 0 spiro atoms. The Bertz CT molecular complexity index is 560. The molecule has 1 fully saturated rings. The summed E-state index contributed by atoms with van der Waals surface area (Å²) in [6.07, 6.45) is 6.52. The van der Waals surface area contributed by atoms with Crippen molar-refractivity contribution in [2.75, 3.05) is 0 Å². The first-order valence-corrected chi connectivity index (χ1v) is 9.60. The van der Waals surface area contributed by atoms with E-state index in [1.54, 1.807) is 0 Å². The molecule has 0 heterocycles. The zero-order valence-electron chi connectivity index (χ0n) is 14.6. The molecule has 0 aliphatic heterocycles. The minimum absolute atomic E-state index is 0.00799. The lowest BCUT2D eigenvalue weighted by Crippen LogP contribution is -2.32. The fourth-order valence-electron chi connectivity index (χ4n) is 2.94. The van der Waals surface area contributed by atoms with Crippen molar-refractivity contribution in [3.05, 3.63) is 23.8 Å². The van der Waals surface area contributed by atoms with Gasteiger partial charge >= 0.3 is 5.97 Å². The summed E-state index contributed by atoms with van der Waals surface area (Å²) in [4.78, 5) is 12.2.